The fraction of sp³-hybridized carbons (Fsp3) is 0.231. The molecular weight excluding hydrogens is 262 g/mol. The lowest BCUT2D eigenvalue weighted by atomic mass is 10.2. The molecule has 100 valence electrons. The third kappa shape index (κ3) is 3.03. The first-order valence-corrected chi connectivity index (χ1v) is 6.54. The average Bonchev–Trinajstić information content (AvgIpc) is 2.71. The number of hydrogen-bond acceptors (Lipinski definition) is 5. The molecule has 0 aliphatic heterocycles. The number of aromatic nitrogens is 1. The maximum atomic E-state index is 10.9. The van der Waals surface area contributed by atoms with Crippen LogP contribution in [0, 0.1) is 6.92 Å². The predicted molar refractivity (Wildman–Crippen MR) is 77.9 cm³/mol. The molecule has 0 radical (unpaired) electrons. The first-order valence-electron chi connectivity index (χ1n) is 5.72. The molecule has 0 atom stereocenters. The summed E-state index contributed by atoms with van der Waals surface area (Å²) in [5.74, 6) is -0.939. The van der Waals surface area contributed by atoms with Crippen LogP contribution in [0.3, 0.4) is 0 Å². The number of benzene rings is 1. The third-order valence-electron chi connectivity index (χ3n) is 2.63. The van der Waals surface area contributed by atoms with Gasteiger partial charge in [-0.25, -0.2) is 9.78 Å². The average molecular weight is 277 g/mol. The van der Waals surface area contributed by atoms with Gasteiger partial charge in [0.05, 0.1) is 5.69 Å². The van der Waals surface area contributed by atoms with Crippen molar-refractivity contribution >= 4 is 33.8 Å². The highest BCUT2D eigenvalue weighted by molar-refractivity contribution is 7.17. The maximum Gasteiger partial charge on any atom is 0.347 e. The summed E-state index contributed by atoms with van der Waals surface area (Å²) in [4.78, 5) is 17.4. The van der Waals surface area contributed by atoms with Gasteiger partial charge in [0.15, 0.2) is 5.13 Å². The molecule has 0 spiro atoms. The zero-order valence-electron chi connectivity index (χ0n) is 11.0. The Kier molecular flexibility index (Phi) is 3.71. The monoisotopic (exact) mass is 277 g/mol. The molecule has 0 fully saturated rings. The second kappa shape index (κ2) is 5.27. The lowest BCUT2D eigenvalue weighted by Crippen LogP contribution is -2.08. The standard InChI is InChI=1S/C13H15N3O2S/c1-8-11(12(17)18)19-13(14-8)15-9-4-6-10(7-5-9)16(2)3/h4-7H,1-3H3,(H,14,15)(H,17,18). The van der Waals surface area contributed by atoms with Gasteiger partial charge in [-0.2, -0.15) is 0 Å². The summed E-state index contributed by atoms with van der Waals surface area (Å²) in [5.41, 5.74) is 2.52. The van der Waals surface area contributed by atoms with Crippen molar-refractivity contribution in [3.63, 3.8) is 0 Å². The van der Waals surface area contributed by atoms with Gasteiger partial charge in [-0.1, -0.05) is 11.3 Å². The molecule has 0 saturated carbocycles. The third-order valence-corrected chi connectivity index (χ3v) is 3.69. The molecular formula is C13H15N3O2S. The normalized spacial score (nSPS) is 10.3. The highest BCUT2D eigenvalue weighted by atomic mass is 32.1. The van der Waals surface area contributed by atoms with Crippen molar-refractivity contribution in [1.82, 2.24) is 4.98 Å². The first kappa shape index (κ1) is 13.4. The van der Waals surface area contributed by atoms with Crippen LogP contribution in [0.25, 0.3) is 0 Å². The molecule has 2 rings (SSSR count). The summed E-state index contributed by atoms with van der Waals surface area (Å²) in [6.07, 6.45) is 0. The highest BCUT2D eigenvalue weighted by Gasteiger charge is 2.13. The van der Waals surface area contributed by atoms with Gasteiger partial charge in [-0.3, -0.25) is 0 Å². The summed E-state index contributed by atoms with van der Waals surface area (Å²) in [6, 6.07) is 7.85. The molecule has 1 aromatic carbocycles. The number of rotatable bonds is 4. The van der Waals surface area contributed by atoms with Crippen LogP contribution in [-0.4, -0.2) is 30.2 Å². The second-order valence-corrected chi connectivity index (χ2v) is 5.30. The van der Waals surface area contributed by atoms with E-state index >= 15 is 0 Å². The van der Waals surface area contributed by atoms with Crippen molar-refractivity contribution in [1.29, 1.82) is 0 Å². The quantitative estimate of drug-likeness (QED) is 0.899. The Labute approximate surface area is 115 Å². The van der Waals surface area contributed by atoms with E-state index < -0.39 is 5.97 Å². The highest BCUT2D eigenvalue weighted by Crippen LogP contribution is 2.26. The van der Waals surface area contributed by atoms with Crippen LogP contribution >= 0.6 is 11.3 Å². The number of nitrogens with one attached hydrogen (secondary N) is 1. The van der Waals surface area contributed by atoms with Gasteiger partial charge in [0.1, 0.15) is 4.88 Å². The van der Waals surface area contributed by atoms with Crippen molar-refractivity contribution < 1.29 is 9.90 Å². The number of carboxylic acid groups (broad SMARTS) is 1. The van der Waals surface area contributed by atoms with E-state index in [-0.39, 0.29) is 4.88 Å². The van der Waals surface area contributed by atoms with Crippen LogP contribution in [0.2, 0.25) is 0 Å². The molecule has 2 N–H and O–H groups in total. The summed E-state index contributed by atoms with van der Waals surface area (Å²) < 4.78 is 0. The van der Waals surface area contributed by atoms with Gasteiger partial charge in [-0.15, -0.1) is 0 Å². The van der Waals surface area contributed by atoms with Gasteiger partial charge in [0, 0.05) is 25.5 Å². The maximum absolute atomic E-state index is 10.9. The Morgan fingerprint density at radius 2 is 1.95 bits per heavy atom. The van der Waals surface area contributed by atoms with E-state index in [9.17, 15) is 4.79 Å². The van der Waals surface area contributed by atoms with E-state index in [2.05, 4.69) is 10.3 Å². The summed E-state index contributed by atoms with van der Waals surface area (Å²) in [7, 11) is 3.96. The number of nitrogens with zero attached hydrogens (tertiary/aromatic N) is 2. The Bertz CT molecular complexity index is 590. The Morgan fingerprint density at radius 3 is 2.42 bits per heavy atom. The molecule has 0 amide bonds. The SMILES string of the molecule is Cc1nc(Nc2ccc(N(C)C)cc2)sc1C(=O)O. The fourth-order valence-electron chi connectivity index (χ4n) is 1.61. The molecule has 1 heterocycles. The van der Waals surface area contributed by atoms with Gasteiger partial charge in [-0.05, 0) is 31.2 Å². The zero-order valence-corrected chi connectivity index (χ0v) is 11.8. The van der Waals surface area contributed by atoms with Crippen LogP contribution < -0.4 is 10.2 Å². The topological polar surface area (TPSA) is 65.5 Å². The van der Waals surface area contributed by atoms with Crippen molar-refractivity contribution in [3.05, 3.63) is 34.8 Å². The lowest BCUT2D eigenvalue weighted by Gasteiger charge is -2.12. The molecule has 2 aromatic rings. The van der Waals surface area contributed by atoms with Crippen LogP contribution in [0.4, 0.5) is 16.5 Å². The van der Waals surface area contributed by atoms with E-state index in [4.69, 9.17) is 5.11 Å². The van der Waals surface area contributed by atoms with Gasteiger partial charge in [0.25, 0.3) is 0 Å². The molecule has 0 unspecified atom stereocenters. The smallest absolute Gasteiger partial charge is 0.347 e. The lowest BCUT2D eigenvalue weighted by molar-refractivity contribution is 0.0701. The molecule has 19 heavy (non-hydrogen) atoms. The molecule has 0 aliphatic rings. The fourth-order valence-corrected chi connectivity index (χ4v) is 2.44. The molecule has 6 heteroatoms. The molecule has 0 aliphatic carbocycles. The van der Waals surface area contributed by atoms with Crippen molar-refractivity contribution in [2.24, 2.45) is 0 Å². The van der Waals surface area contributed by atoms with Crippen LogP contribution in [0.1, 0.15) is 15.4 Å². The summed E-state index contributed by atoms with van der Waals surface area (Å²) in [6.45, 7) is 1.69. The predicted octanol–water partition coefficient (Wildman–Crippen LogP) is 2.96. The van der Waals surface area contributed by atoms with Crippen LogP contribution in [-0.2, 0) is 0 Å². The number of aromatic carboxylic acids is 1. The molecule has 5 nitrogen and oxygen atoms in total. The number of hydrogen-bond donors (Lipinski definition) is 2. The second-order valence-electron chi connectivity index (χ2n) is 4.31. The van der Waals surface area contributed by atoms with E-state index in [1.165, 1.54) is 0 Å². The van der Waals surface area contributed by atoms with Gasteiger partial charge >= 0.3 is 5.97 Å². The minimum atomic E-state index is -0.939. The Morgan fingerprint density at radius 1 is 1.32 bits per heavy atom. The minimum absolute atomic E-state index is 0.271. The number of carbonyl (C=O) groups is 1. The Hall–Kier alpha value is -2.08. The van der Waals surface area contributed by atoms with Gasteiger partial charge < -0.3 is 15.3 Å². The molecule has 1 aromatic heterocycles. The largest absolute Gasteiger partial charge is 0.477 e. The van der Waals surface area contributed by atoms with Gasteiger partial charge in [0.2, 0.25) is 0 Å². The van der Waals surface area contributed by atoms with Crippen molar-refractivity contribution in [3.8, 4) is 0 Å². The molecule has 0 saturated heterocycles. The van der Waals surface area contributed by atoms with E-state index in [0.29, 0.717) is 10.8 Å². The number of anilines is 3. The minimum Gasteiger partial charge on any atom is -0.477 e. The number of thiazole rings is 1. The van der Waals surface area contributed by atoms with E-state index in [1.807, 2.05) is 43.3 Å². The van der Waals surface area contributed by atoms with Crippen LogP contribution in [0.5, 0.6) is 0 Å². The van der Waals surface area contributed by atoms with Crippen molar-refractivity contribution in [2.45, 2.75) is 6.92 Å². The molecule has 0 bridgehead atoms. The summed E-state index contributed by atoms with van der Waals surface area (Å²) >= 11 is 1.14. The zero-order chi connectivity index (χ0) is 14.0. The van der Waals surface area contributed by atoms with E-state index in [1.54, 1.807) is 6.92 Å². The van der Waals surface area contributed by atoms with E-state index in [0.717, 1.165) is 22.7 Å². The van der Waals surface area contributed by atoms with Crippen molar-refractivity contribution in [2.75, 3.05) is 24.3 Å². The first-order chi connectivity index (χ1) is 8.97. The number of aryl methyl sites for hydroxylation is 1. The Balaban J connectivity index is 2.17. The number of carboxylic acids is 1. The summed E-state index contributed by atoms with van der Waals surface area (Å²) in [5, 5.41) is 12.7. The van der Waals surface area contributed by atoms with Crippen LogP contribution in [0.15, 0.2) is 24.3 Å².